The first-order chi connectivity index (χ1) is 9.57. The minimum atomic E-state index is -0.00233. The van der Waals surface area contributed by atoms with E-state index in [4.69, 9.17) is 16.3 Å². The summed E-state index contributed by atoms with van der Waals surface area (Å²) >= 11 is 7.27. The second-order valence-electron chi connectivity index (χ2n) is 7.25. The zero-order valence-corrected chi connectivity index (χ0v) is 15.0. The molecule has 0 fully saturated rings. The molecule has 0 amide bonds. The van der Waals surface area contributed by atoms with Crippen molar-refractivity contribution in [2.75, 3.05) is 0 Å². The molecular weight excluding hydrogens is 302 g/mol. The molecule has 1 heterocycles. The fourth-order valence-corrected chi connectivity index (χ4v) is 2.85. The van der Waals surface area contributed by atoms with Gasteiger partial charge in [0.15, 0.2) is 0 Å². The summed E-state index contributed by atoms with van der Waals surface area (Å²) in [5.74, 6) is 0.849. The second-order valence-corrected chi connectivity index (χ2v) is 8.46. The Bertz CT molecular complexity index is 635. The summed E-state index contributed by atoms with van der Waals surface area (Å²) in [6.45, 7) is 13.2. The van der Waals surface area contributed by atoms with E-state index in [2.05, 4.69) is 58.7 Å². The molecule has 4 heteroatoms. The molecule has 0 saturated carbocycles. The number of aromatic nitrogens is 1. The normalized spacial score (nSPS) is 12.5. The monoisotopic (exact) mass is 323 g/mol. The van der Waals surface area contributed by atoms with Gasteiger partial charge in [0.25, 0.3) is 5.19 Å². The van der Waals surface area contributed by atoms with Crippen molar-refractivity contribution < 1.29 is 4.74 Å². The largest absolute Gasteiger partial charge is 0.431 e. The van der Waals surface area contributed by atoms with Crippen molar-refractivity contribution in [1.29, 1.82) is 0 Å². The Balaban J connectivity index is 2.45. The predicted octanol–water partition coefficient (Wildman–Crippen LogP) is 6.18. The van der Waals surface area contributed by atoms with Crippen LogP contribution in [0.1, 0.15) is 52.7 Å². The van der Waals surface area contributed by atoms with Crippen LogP contribution in [0.5, 0.6) is 10.9 Å². The Morgan fingerprint density at radius 3 is 2.19 bits per heavy atom. The first-order valence-corrected chi connectivity index (χ1v) is 8.27. The van der Waals surface area contributed by atoms with Crippen molar-refractivity contribution in [3.05, 3.63) is 39.9 Å². The highest BCUT2D eigenvalue weighted by molar-refractivity contribution is 7.11. The molecule has 114 valence electrons. The Kier molecular flexibility index (Phi) is 4.36. The summed E-state index contributed by atoms with van der Waals surface area (Å²) in [5, 5.41) is 2.82. The van der Waals surface area contributed by atoms with Crippen LogP contribution < -0.4 is 4.74 Å². The van der Waals surface area contributed by atoms with E-state index in [0.717, 1.165) is 5.75 Å². The Hall–Kier alpha value is -1.06. The molecule has 21 heavy (non-hydrogen) atoms. The van der Waals surface area contributed by atoms with Gasteiger partial charge in [-0.2, -0.15) is 4.98 Å². The average molecular weight is 324 g/mol. The third-order valence-corrected chi connectivity index (χ3v) is 4.35. The first-order valence-electron chi connectivity index (χ1n) is 7.01. The number of ether oxygens (including phenoxy) is 1. The molecule has 0 saturated heterocycles. The van der Waals surface area contributed by atoms with Crippen LogP contribution in [0.15, 0.2) is 23.6 Å². The molecule has 2 nitrogen and oxygen atoms in total. The van der Waals surface area contributed by atoms with E-state index in [1.165, 1.54) is 22.5 Å². The quantitative estimate of drug-likeness (QED) is 0.658. The van der Waals surface area contributed by atoms with Crippen molar-refractivity contribution in [3.63, 3.8) is 0 Å². The van der Waals surface area contributed by atoms with Crippen molar-refractivity contribution in [1.82, 2.24) is 4.98 Å². The SMILES string of the molecule is CC(C)(C)c1ccc(Oc2nc(Cl)cs2)c(C(C)(C)C)c1. The van der Waals surface area contributed by atoms with E-state index in [1.807, 2.05) is 6.07 Å². The van der Waals surface area contributed by atoms with E-state index >= 15 is 0 Å². The number of hydrogen-bond acceptors (Lipinski definition) is 3. The topological polar surface area (TPSA) is 22.1 Å². The second kappa shape index (κ2) is 5.62. The van der Waals surface area contributed by atoms with Crippen LogP contribution in [0.2, 0.25) is 5.15 Å². The van der Waals surface area contributed by atoms with E-state index in [0.29, 0.717) is 10.3 Å². The number of thiazole rings is 1. The summed E-state index contributed by atoms with van der Waals surface area (Å²) in [7, 11) is 0. The van der Waals surface area contributed by atoms with Crippen molar-refractivity contribution in [2.45, 2.75) is 52.4 Å². The molecule has 2 rings (SSSR count). The van der Waals surface area contributed by atoms with Crippen LogP contribution in [-0.4, -0.2) is 4.98 Å². The van der Waals surface area contributed by atoms with Crippen LogP contribution in [0.3, 0.4) is 0 Å². The Morgan fingerprint density at radius 2 is 1.71 bits per heavy atom. The van der Waals surface area contributed by atoms with Gasteiger partial charge >= 0.3 is 0 Å². The molecule has 0 unspecified atom stereocenters. The highest BCUT2D eigenvalue weighted by Crippen LogP contribution is 2.38. The number of nitrogens with zero attached hydrogens (tertiary/aromatic N) is 1. The van der Waals surface area contributed by atoms with Crippen LogP contribution in [0, 0.1) is 0 Å². The lowest BCUT2D eigenvalue weighted by molar-refractivity contribution is 0.450. The van der Waals surface area contributed by atoms with E-state index in [-0.39, 0.29) is 10.8 Å². The number of hydrogen-bond donors (Lipinski definition) is 0. The standard InChI is InChI=1S/C17H22ClNOS/c1-16(2,3)11-7-8-13(12(9-11)17(4,5)6)20-15-19-14(18)10-21-15/h7-10H,1-6H3. The lowest BCUT2D eigenvalue weighted by atomic mass is 9.80. The molecule has 1 aromatic heterocycles. The first kappa shape index (κ1) is 16.3. The highest BCUT2D eigenvalue weighted by Gasteiger charge is 2.23. The Morgan fingerprint density at radius 1 is 1.05 bits per heavy atom. The van der Waals surface area contributed by atoms with Gasteiger partial charge in [-0.05, 0) is 22.5 Å². The average Bonchev–Trinajstić information content (AvgIpc) is 2.72. The van der Waals surface area contributed by atoms with Crippen molar-refractivity contribution >= 4 is 22.9 Å². The van der Waals surface area contributed by atoms with Crippen LogP contribution in [0.25, 0.3) is 0 Å². The zero-order chi connectivity index (χ0) is 15.8. The maximum absolute atomic E-state index is 5.95. The summed E-state index contributed by atoms with van der Waals surface area (Å²) in [4.78, 5) is 4.16. The summed E-state index contributed by atoms with van der Waals surface area (Å²) in [5.41, 5.74) is 2.60. The lowest BCUT2D eigenvalue weighted by Crippen LogP contribution is -2.17. The van der Waals surface area contributed by atoms with Crippen LogP contribution >= 0.6 is 22.9 Å². The lowest BCUT2D eigenvalue weighted by Gasteiger charge is -2.26. The molecular formula is C17H22ClNOS. The van der Waals surface area contributed by atoms with E-state index < -0.39 is 0 Å². The van der Waals surface area contributed by atoms with Gasteiger partial charge in [0.1, 0.15) is 10.9 Å². The molecule has 0 aliphatic heterocycles. The summed E-state index contributed by atoms with van der Waals surface area (Å²) in [6, 6.07) is 6.40. The molecule has 0 N–H and O–H groups in total. The van der Waals surface area contributed by atoms with E-state index in [9.17, 15) is 0 Å². The number of rotatable bonds is 2. The summed E-state index contributed by atoms with van der Waals surface area (Å²) in [6.07, 6.45) is 0. The number of benzene rings is 1. The summed E-state index contributed by atoms with van der Waals surface area (Å²) < 4.78 is 5.95. The third-order valence-electron chi connectivity index (χ3n) is 3.31. The predicted molar refractivity (Wildman–Crippen MR) is 91.0 cm³/mol. The van der Waals surface area contributed by atoms with Gasteiger partial charge in [0.2, 0.25) is 0 Å². The molecule has 0 aliphatic carbocycles. The zero-order valence-electron chi connectivity index (χ0n) is 13.5. The highest BCUT2D eigenvalue weighted by atomic mass is 35.5. The minimum absolute atomic E-state index is 0.00233. The van der Waals surface area contributed by atoms with Gasteiger partial charge in [0.05, 0.1) is 0 Å². The molecule has 1 aromatic carbocycles. The fourth-order valence-electron chi connectivity index (χ4n) is 2.05. The smallest absolute Gasteiger partial charge is 0.280 e. The van der Waals surface area contributed by atoms with Crippen molar-refractivity contribution in [3.8, 4) is 10.9 Å². The maximum atomic E-state index is 5.95. The van der Waals surface area contributed by atoms with Crippen LogP contribution in [-0.2, 0) is 10.8 Å². The fraction of sp³-hybridized carbons (Fsp3) is 0.471. The van der Waals surface area contributed by atoms with Gasteiger partial charge < -0.3 is 4.74 Å². The molecule has 0 spiro atoms. The molecule has 2 aromatic rings. The van der Waals surface area contributed by atoms with Gasteiger partial charge in [-0.3, -0.25) is 0 Å². The molecule has 0 bridgehead atoms. The third kappa shape index (κ3) is 3.98. The van der Waals surface area contributed by atoms with Crippen molar-refractivity contribution in [2.24, 2.45) is 0 Å². The number of halogens is 1. The van der Waals surface area contributed by atoms with Crippen LogP contribution in [0.4, 0.5) is 0 Å². The van der Waals surface area contributed by atoms with Gasteiger partial charge in [0, 0.05) is 10.9 Å². The molecule has 0 aliphatic rings. The van der Waals surface area contributed by atoms with E-state index in [1.54, 1.807) is 5.38 Å². The minimum Gasteiger partial charge on any atom is -0.431 e. The molecule has 0 radical (unpaired) electrons. The van der Waals surface area contributed by atoms with Gasteiger partial charge in [-0.15, -0.1) is 0 Å². The maximum Gasteiger partial charge on any atom is 0.280 e. The van der Waals surface area contributed by atoms with Gasteiger partial charge in [-0.25, -0.2) is 0 Å². The Labute approximate surface area is 136 Å². The molecule has 0 atom stereocenters. The van der Waals surface area contributed by atoms with Gasteiger partial charge in [-0.1, -0.05) is 76.6 Å².